The maximum absolute atomic E-state index is 13.6. The Morgan fingerprint density at radius 1 is 0.516 bits per heavy atom. The Morgan fingerprint density at radius 2 is 0.929 bits per heavy atom. The lowest BCUT2D eigenvalue weighted by molar-refractivity contribution is -0.145. The molecule has 0 radical (unpaired) electrons. The number of rotatable bonds is 35. The van der Waals surface area contributed by atoms with Gasteiger partial charge in [0.15, 0.2) is 11.3 Å². The van der Waals surface area contributed by atoms with Gasteiger partial charge >= 0.3 is 35.9 Å². The molecule has 4 unspecified atom stereocenters. The number of hydrogen-bond acceptors (Lipinski definition) is 24. The van der Waals surface area contributed by atoms with E-state index in [4.69, 9.17) is 45.7 Å². The van der Waals surface area contributed by atoms with Crippen LogP contribution in [0.4, 0.5) is 39.8 Å². The van der Waals surface area contributed by atoms with Gasteiger partial charge in [0, 0.05) is 87.7 Å². The van der Waals surface area contributed by atoms with E-state index in [0.717, 1.165) is 52.0 Å². The highest BCUT2D eigenvalue weighted by molar-refractivity contribution is 9.10. The molecule has 0 aliphatic carbocycles. The maximum Gasteiger partial charge on any atom is 0.407 e. The first-order chi connectivity index (χ1) is 59.3. The maximum atomic E-state index is 13.6. The van der Waals surface area contributed by atoms with E-state index in [0.29, 0.717) is 92.2 Å². The van der Waals surface area contributed by atoms with Crippen molar-refractivity contribution in [2.24, 2.45) is 11.5 Å². The fraction of sp³-hybridized carbons (Fsp3) is 0.400. The van der Waals surface area contributed by atoms with Gasteiger partial charge < -0.3 is 83.0 Å². The van der Waals surface area contributed by atoms with Gasteiger partial charge in [0.2, 0.25) is 17.7 Å². The number of nitrogens with two attached hydrogens (primary N) is 2. The molecule has 686 valence electrons. The second-order valence-electron chi connectivity index (χ2n) is 28.2. The number of aliphatic hydroxyl groups excluding tert-OH is 1. The molecule has 1 aliphatic rings. The third kappa shape index (κ3) is 47.2. The standard InChI is InChI=1S/C23H25FN4O3.C21H25FN4O3.C15H21FN2O3.C11H14FNO2.C9H17NO4.C8H5BrN2.C2H6O.CH4.ClH/c1-2-31-22(30)15-19(17-6-3-8-18(24)14-17)27-21(29)9-5-12-25-20-11-10-16-7-4-13-26-23(16)28-20;22-16-6-1-4-15(12-16)17(13-20(28)29)25-19(27)7-3-10-23-18-9-8-14-5-2-11-24-21(14)26-18;1-2-21-15(20)10-13(18-14(19)7-4-8-17)11-5-3-6-12(16)9-11;1-2-15-11(14)7-10(13)8-4-3-5-9(12)6-8;1-9(2,3)14-8(13)10-6-4-5-7(11)12;9-7-4-3-6-2-1-5-10-8(6)11-7;1-2-3;;/h3-4,6-8,10-11,13-14,19H,2,5,9,12,15H2,1H3,(H,27,29)(H,25,26,28);1,4,6,8-9,12,17H,2-3,5,7,10-11,13H2,(H,25,27)(H,28,29)(H2,23,24,26);3,5-6,9,13H,2,4,7-8,10,17H2,1H3,(H,18,19);3-6,10H,2,7,13H2,1H3;4-6H2,1-3H3,(H,10,13)(H,11,12);1-5H;3H,2H2,1H3;1H4;1H. The second-order valence-corrected chi connectivity index (χ2v) is 29.0. The fourth-order valence-corrected chi connectivity index (χ4v) is 11.6. The lowest BCUT2D eigenvalue weighted by Crippen LogP contribution is -2.33. The number of ether oxygens (including phenoxy) is 4. The lowest BCUT2D eigenvalue weighted by Gasteiger charge is -2.19. The molecule has 10 rings (SSSR count). The molecule has 0 spiro atoms. The highest BCUT2D eigenvalue weighted by Gasteiger charge is 2.24. The molecular weight excluding hydrogens is 1720 g/mol. The molecule has 126 heavy (non-hydrogen) atoms. The van der Waals surface area contributed by atoms with Crippen LogP contribution in [0.2, 0.25) is 0 Å². The summed E-state index contributed by atoms with van der Waals surface area (Å²) in [7, 11) is 0. The van der Waals surface area contributed by atoms with Crippen LogP contribution in [0, 0.1) is 23.3 Å². The van der Waals surface area contributed by atoms with Crippen LogP contribution in [0.15, 0.2) is 175 Å². The largest absolute Gasteiger partial charge is 0.481 e. The summed E-state index contributed by atoms with van der Waals surface area (Å²) in [6.45, 7) is 16.0. The van der Waals surface area contributed by atoms with Crippen molar-refractivity contribution in [2.75, 3.05) is 75.1 Å². The van der Waals surface area contributed by atoms with Crippen LogP contribution in [0.1, 0.15) is 191 Å². The van der Waals surface area contributed by atoms with Gasteiger partial charge in [-0.3, -0.25) is 38.4 Å². The smallest absolute Gasteiger partial charge is 0.407 e. The van der Waals surface area contributed by atoms with E-state index >= 15 is 0 Å². The molecule has 5 aromatic heterocycles. The molecule has 9 aromatic rings. The van der Waals surface area contributed by atoms with Crippen molar-refractivity contribution in [3.05, 3.63) is 226 Å². The van der Waals surface area contributed by atoms with Gasteiger partial charge in [-0.25, -0.2) is 47.3 Å². The summed E-state index contributed by atoms with van der Waals surface area (Å²) < 4.78 is 73.6. The topological polar surface area (TPSA) is 452 Å². The first-order valence-corrected chi connectivity index (χ1v) is 41.3. The first kappa shape index (κ1) is 110. The normalized spacial score (nSPS) is 11.7. The number of hydrogen-bond donors (Lipinski definition) is 12. The van der Waals surface area contributed by atoms with Crippen molar-refractivity contribution < 1.29 is 95.0 Å². The van der Waals surface area contributed by atoms with Crippen LogP contribution in [-0.2, 0) is 63.7 Å². The van der Waals surface area contributed by atoms with Crippen molar-refractivity contribution in [2.45, 2.75) is 176 Å². The minimum atomic E-state index is -1.06. The van der Waals surface area contributed by atoms with Crippen LogP contribution in [0.5, 0.6) is 0 Å². The van der Waals surface area contributed by atoms with Crippen molar-refractivity contribution in [1.29, 1.82) is 0 Å². The third-order valence-corrected chi connectivity index (χ3v) is 17.3. The number of carboxylic acid groups (broad SMARTS) is 2. The summed E-state index contributed by atoms with van der Waals surface area (Å²) in [6, 6.07) is 40.0. The number of benzene rings is 4. The summed E-state index contributed by atoms with van der Waals surface area (Å²) >= 11 is 3.28. The molecule has 0 saturated carbocycles. The number of fused-ring (bicyclic) bond motifs is 3. The van der Waals surface area contributed by atoms with E-state index in [1.807, 2.05) is 54.6 Å². The fourth-order valence-electron chi connectivity index (χ4n) is 11.3. The first-order valence-electron chi connectivity index (χ1n) is 40.5. The molecule has 0 saturated heterocycles. The monoisotopic (exact) mass is 1840 g/mol. The van der Waals surface area contributed by atoms with Gasteiger partial charge in [0.25, 0.3) is 0 Å². The summed E-state index contributed by atoms with van der Waals surface area (Å²) in [4.78, 5) is 125. The quantitative estimate of drug-likeness (QED) is 0.00577. The van der Waals surface area contributed by atoms with Crippen LogP contribution in [-0.4, -0.2) is 159 Å². The van der Waals surface area contributed by atoms with E-state index in [1.54, 1.807) is 97.3 Å². The van der Waals surface area contributed by atoms with Crippen LogP contribution < -0.4 is 48.7 Å². The van der Waals surface area contributed by atoms with E-state index in [-0.39, 0.29) is 121 Å². The Kier molecular flexibility index (Phi) is 54.2. The van der Waals surface area contributed by atoms with Gasteiger partial charge in [0.05, 0.1) is 63.6 Å². The number of nitrogens with one attached hydrogen (secondary N) is 7. The average molecular weight is 1840 g/mol. The highest BCUT2D eigenvalue weighted by Crippen LogP contribution is 2.25. The number of carbonyl (C=O) groups is 9. The number of anilines is 3. The van der Waals surface area contributed by atoms with Crippen LogP contribution in [0.25, 0.3) is 22.1 Å². The minimum Gasteiger partial charge on any atom is -0.481 e. The molecule has 14 N–H and O–H groups in total. The number of aromatic nitrogens is 5. The average Bonchev–Trinajstić information content (AvgIpc) is 0.852. The zero-order valence-electron chi connectivity index (χ0n) is 71.1. The van der Waals surface area contributed by atoms with Crippen molar-refractivity contribution in [3.8, 4) is 0 Å². The summed E-state index contributed by atoms with van der Waals surface area (Å²) in [5.41, 5.74) is 15.3. The SMILES string of the molecule is Brc1ccc2cccnc2n1.C.CC(C)(C)OC(=O)NCCCC(=O)O.CCO.CCOC(=O)CC(N)c1cccc(F)c1.CCOC(=O)CC(NC(=O)CCCN)c1cccc(F)c1.CCOC(=O)CC(NC(=O)CCCNc1ccc2cccnc2n1)c1cccc(F)c1.Cl.O=C(O)CC(NC(=O)CCCNc1ccc2c(n1)NCCC2)c1cccc(F)c1. The third-order valence-electron chi connectivity index (χ3n) is 16.9. The van der Waals surface area contributed by atoms with Gasteiger partial charge in [-0.2, -0.15) is 0 Å². The molecule has 30 nitrogen and oxygen atoms in total. The number of esters is 3. The molecular formula is C90H118BrClF4N14O16. The summed E-state index contributed by atoms with van der Waals surface area (Å²) in [6.07, 6.45) is 7.58. The van der Waals surface area contributed by atoms with E-state index < -0.39 is 77.2 Å². The highest BCUT2D eigenvalue weighted by atomic mass is 79.9. The molecule has 4 atom stereocenters. The summed E-state index contributed by atoms with van der Waals surface area (Å²) in [5, 5.41) is 47.4. The number of nitrogens with zero attached hydrogens (tertiary/aromatic N) is 5. The number of pyridine rings is 5. The Labute approximate surface area is 746 Å². The van der Waals surface area contributed by atoms with Gasteiger partial charge in [-0.1, -0.05) is 62.0 Å². The number of aryl methyl sites for hydroxylation is 1. The Morgan fingerprint density at radius 3 is 1.37 bits per heavy atom. The number of carbonyl (C=O) groups excluding carboxylic acids is 7. The van der Waals surface area contributed by atoms with E-state index in [2.05, 4.69) is 84.1 Å². The summed E-state index contributed by atoms with van der Waals surface area (Å²) in [5.74, 6) is -3.23. The molecule has 0 fully saturated rings. The molecule has 0 bridgehead atoms. The zero-order valence-corrected chi connectivity index (χ0v) is 73.5. The predicted molar refractivity (Wildman–Crippen MR) is 481 cm³/mol. The van der Waals surface area contributed by atoms with Crippen molar-refractivity contribution >= 4 is 122 Å². The van der Waals surface area contributed by atoms with Gasteiger partial charge in [-0.15, -0.1) is 12.4 Å². The number of alkyl carbamates (subject to hydrolysis) is 1. The Hall–Kier alpha value is -12.1. The molecule has 36 heteroatoms. The lowest BCUT2D eigenvalue weighted by atomic mass is 10.0. The number of aliphatic hydroxyl groups is 1. The number of amides is 4. The Bertz CT molecular complexity index is 4820. The zero-order chi connectivity index (χ0) is 91.2. The molecule has 6 heterocycles. The van der Waals surface area contributed by atoms with Gasteiger partial charge in [-0.05, 0) is 240 Å². The number of carboxylic acids is 2. The number of halogens is 6. The number of aliphatic carboxylic acids is 2. The Balaban J connectivity index is 0.000000524. The van der Waals surface area contributed by atoms with Gasteiger partial charge in [0.1, 0.15) is 50.9 Å². The van der Waals surface area contributed by atoms with E-state index in [9.17, 15) is 60.7 Å². The van der Waals surface area contributed by atoms with E-state index in [1.165, 1.54) is 66.2 Å². The molecule has 4 aromatic carbocycles. The van der Waals surface area contributed by atoms with Crippen molar-refractivity contribution in [3.63, 3.8) is 0 Å². The van der Waals surface area contributed by atoms with Crippen LogP contribution >= 0.6 is 28.3 Å². The molecule has 1 aliphatic heterocycles. The predicted octanol–water partition coefficient (Wildman–Crippen LogP) is 15.2. The molecule has 4 amide bonds. The van der Waals surface area contributed by atoms with Crippen molar-refractivity contribution in [1.82, 2.24) is 46.2 Å². The minimum absolute atomic E-state index is 0. The van der Waals surface area contributed by atoms with Crippen LogP contribution in [0.3, 0.4) is 0 Å². The second kappa shape index (κ2) is 62.1.